The van der Waals surface area contributed by atoms with Crippen LogP contribution in [0.2, 0.25) is 0 Å². The van der Waals surface area contributed by atoms with Gasteiger partial charge >= 0.3 is 5.97 Å². The van der Waals surface area contributed by atoms with Crippen molar-refractivity contribution < 1.29 is 19.1 Å². The fraction of sp³-hybridized carbons (Fsp3) is 0.190. The molecule has 0 aliphatic carbocycles. The first-order valence-electron chi connectivity index (χ1n) is 9.21. The Morgan fingerprint density at radius 3 is 2.65 bits per heavy atom. The summed E-state index contributed by atoms with van der Waals surface area (Å²) in [6.07, 6.45) is 0.904. The number of ether oxygens (including phenoxy) is 2. The lowest BCUT2D eigenvalue weighted by Crippen LogP contribution is -2.36. The highest BCUT2D eigenvalue weighted by atomic mass is 127. The molecule has 0 spiro atoms. The van der Waals surface area contributed by atoms with Crippen molar-refractivity contribution in [2.45, 2.75) is 25.2 Å². The van der Waals surface area contributed by atoms with Gasteiger partial charge in [0.25, 0.3) is 0 Å². The Labute approximate surface area is 196 Å². The number of aromatic nitrogens is 3. The van der Waals surface area contributed by atoms with Gasteiger partial charge in [0.1, 0.15) is 5.75 Å². The van der Waals surface area contributed by atoms with Crippen molar-refractivity contribution in [3.05, 3.63) is 51.6 Å². The smallest absolute Gasteiger partial charge is 0.308 e. The molecule has 0 N–H and O–H groups in total. The van der Waals surface area contributed by atoms with E-state index in [1.54, 1.807) is 6.07 Å². The van der Waals surface area contributed by atoms with Gasteiger partial charge in [-0.3, -0.25) is 14.5 Å². The lowest BCUT2D eigenvalue weighted by molar-refractivity contribution is -0.132. The van der Waals surface area contributed by atoms with Crippen molar-refractivity contribution in [1.29, 1.82) is 0 Å². The van der Waals surface area contributed by atoms with Crippen molar-refractivity contribution in [1.82, 2.24) is 15.2 Å². The molecule has 0 bridgehead atoms. The van der Waals surface area contributed by atoms with Crippen LogP contribution in [0.4, 0.5) is 5.69 Å². The first-order valence-corrected chi connectivity index (χ1v) is 11.5. The molecular weight excluding hydrogens is 531 g/mol. The molecule has 2 heterocycles. The fourth-order valence-electron chi connectivity index (χ4n) is 3.30. The number of thioether (sulfide) groups is 1. The van der Waals surface area contributed by atoms with E-state index >= 15 is 0 Å². The van der Waals surface area contributed by atoms with Gasteiger partial charge in [-0.25, -0.2) is 0 Å². The lowest BCUT2D eigenvalue weighted by atomic mass is 10.1. The van der Waals surface area contributed by atoms with Crippen LogP contribution >= 0.6 is 34.4 Å². The molecule has 10 heteroatoms. The molecule has 1 aromatic heterocycles. The number of amides is 1. The van der Waals surface area contributed by atoms with Crippen LogP contribution in [0.3, 0.4) is 0 Å². The zero-order valence-corrected chi connectivity index (χ0v) is 19.8. The van der Waals surface area contributed by atoms with Gasteiger partial charge in [-0.15, -0.1) is 10.2 Å². The van der Waals surface area contributed by atoms with Gasteiger partial charge in [-0.1, -0.05) is 30.0 Å². The van der Waals surface area contributed by atoms with Crippen LogP contribution in [0.5, 0.6) is 11.6 Å². The maximum atomic E-state index is 12.9. The first-order chi connectivity index (χ1) is 14.9. The predicted molar refractivity (Wildman–Crippen MR) is 124 cm³/mol. The Morgan fingerprint density at radius 1 is 1.16 bits per heavy atom. The monoisotopic (exact) mass is 548 g/mol. The number of carbonyl (C=O) groups is 2. The third-order valence-electron chi connectivity index (χ3n) is 4.53. The Kier molecular flexibility index (Phi) is 6.10. The zero-order chi connectivity index (χ0) is 22.1. The van der Waals surface area contributed by atoms with Crippen LogP contribution in [-0.4, -0.2) is 33.3 Å². The highest BCUT2D eigenvalue weighted by Crippen LogP contribution is 2.45. The quantitative estimate of drug-likeness (QED) is 0.208. The number of carbonyl (C=O) groups excluding carboxylic acids is 2. The van der Waals surface area contributed by atoms with E-state index in [4.69, 9.17) is 9.47 Å². The van der Waals surface area contributed by atoms with Gasteiger partial charge in [0.2, 0.25) is 23.2 Å². The summed E-state index contributed by atoms with van der Waals surface area (Å²) in [4.78, 5) is 30.6. The number of rotatable bonds is 3. The topological polar surface area (TPSA) is 94.5 Å². The number of anilines is 1. The summed E-state index contributed by atoms with van der Waals surface area (Å²) in [6, 6.07) is 12.6. The minimum Gasteiger partial charge on any atom is -0.447 e. The molecule has 0 radical (unpaired) electrons. The summed E-state index contributed by atoms with van der Waals surface area (Å²) >= 11 is 3.49. The Hall–Kier alpha value is -2.73. The zero-order valence-electron chi connectivity index (χ0n) is 16.8. The number of hydrogen-bond donors (Lipinski definition) is 0. The van der Waals surface area contributed by atoms with E-state index in [2.05, 4.69) is 37.8 Å². The SMILES string of the molecule is CSc1nnc2c(n1)O[C@@H](c1cc(I)ccc1OC(C)=O)N(C(C)=O)c1ccccc1-2. The average molecular weight is 548 g/mol. The van der Waals surface area contributed by atoms with E-state index in [0.29, 0.717) is 33.4 Å². The third-order valence-corrected chi connectivity index (χ3v) is 5.73. The van der Waals surface area contributed by atoms with E-state index in [1.165, 1.54) is 30.5 Å². The van der Waals surface area contributed by atoms with Gasteiger partial charge in [0.05, 0.1) is 11.3 Å². The number of para-hydroxylation sites is 1. The number of hydrogen-bond acceptors (Lipinski definition) is 8. The molecule has 2 aromatic carbocycles. The third kappa shape index (κ3) is 4.22. The van der Waals surface area contributed by atoms with Gasteiger partial charge < -0.3 is 9.47 Å². The van der Waals surface area contributed by atoms with E-state index in [9.17, 15) is 9.59 Å². The minimum atomic E-state index is -0.935. The molecule has 4 rings (SSSR count). The highest BCUT2D eigenvalue weighted by Gasteiger charge is 2.36. The molecule has 1 atom stereocenters. The van der Waals surface area contributed by atoms with Crippen LogP contribution < -0.4 is 14.4 Å². The molecule has 0 saturated carbocycles. The van der Waals surface area contributed by atoms with Gasteiger partial charge in [0.15, 0.2) is 5.69 Å². The molecule has 0 fully saturated rings. The lowest BCUT2D eigenvalue weighted by Gasteiger charge is -2.30. The maximum absolute atomic E-state index is 12.9. The molecule has 158 valence electrons. The molecular formula is C21H17IN4O4S. The van der Waals surface area contributed by atoms with Gasteiger partial charge in [0, 0.05) is 23.0 Å². The van der Waals surface area contributed by atoms with E-state index in [-0.39, 0.29) is 11.8 Å². The van der Waals surface area contributed by atoms with Crippen LogP contribution in [0, 0.1) is 3.57 Å². The maximum Gasteiger partial charge on any atom is 0.308 e. The summed E-state index contributed by atoms with van der Waals surface area (Å²) < 4.78 is 12.6. The molecule has 1 amide bonds. The molecule has 0 saturated heterocycles. The van der Waals surface area contributed by atoms with Crippen LogP contribution in [0.25, 0.3) is 11.3 Å². The second-order valence-corrected chi connectivity index (χ2v) is 8.62. The van der Waals surface area contributed by atoms with Crippen LogP contribution in [-0.2, 0) is 9.59 Å². The Bertz CT molecular complexity index is 1190. The average Bonchev–Trinajstić information content (AvgIpc) is 2.88. The van der Waals surface area contributed by atoms with E-state index < -0.39 is 12.2 Å². The first kappa shape index (κ1) is 21.5. The van der Waals surface area contributed by atoms with Gasteiger partial charge in [-0.2, -0.15) is 4.98 Å². The second kappa shape index (κ2) is 8.79. The standard InChI is InChI=1S/C21H17IN4O4S/c1-11(27)26-16-7-5-4-6-14(16)18-19(23-21(31-3)25-24-18)30-20(26)15-10-13(22)8-9-17(15)29-12(2)28/h4-10,20H,1-3H3/t20-/m0/s1. The number of fused-ring (bicyclic) bond motifs is 3. The number of esters is 1. The summed E-state index contributed by atoms with van der Waals surface area (Å²) in [5.41, 5.74) is 2.22. The number of benzene rings is 2. The van der Waals surface area contributed by atoms with Crippen LogP contribution in [0.1, 0.15) is 25.6 Å². The number of nitrogens with zero attached hydrogens (tertiary/aromatic N) is 4. The molecule has 8 nitrogen and oxygen atoms in total. The van der Waals surface area contributed by atoms with Crippen molar-refractivity contribution >= 4 is 51.9 Å². The van der Waals surface area contributed by atoms with Crippen LogP contribution in [0.15, 0.2) is 47.6 Å². The summed E-state index contributed by atoms with van der Waals surface area (Å²) in [6.45, 7) is 2.78. The molecule has 0 unspecified atom stereocenters. The van der Waals surface area contributed by atoms with E-state index in [0.717, 1.165) is 3.57 Å². The van der Waals surface area contributed by atoms with E-state index in [1.807, 2.05) is 42.7 Å². The minimum absolute atomic E-state index is 0.244. The van der Waals surface area contributed by atoms with Crippen molar-refractivity contribution in [2.75, 3.05) is 11.2 Å². The highest BCUT2D eigenvalue weighted by molar-refractivity contribution is 14.1. The van der Waals surface area contributed by atoms with Gasteiger partial charge in [-0.05, 0) is 53.1 Å². The molecule has 31 heavy (non-hydrogen) atoms. The predicted octanol–water partition coefficient (Wildman–Crippen LogP) is 4.23. The van der Waals surface area contributed by atoms with Crippen molar-refractivity contribution in [3.63, 3.8) is 0 Å². The summed E-state index contributed by atoms with van der Waals surface area (Å²) in [5, 5.41) is 8.90. The molecule has 1 aliphatic heterocycles. The second-order valence-electron chi connectivity index (χ2n) is 6.60. The Morgan fingerprint density at radius 2 is 1.94 bits per heavy atom. The summed E-state index contributed by atoms with van der Waals surface area (Å²) in [5.74, 6) is -0.179. The normalized spacial score (nSPS) is 14.7. The van der Waals surface area contributed by atoms with Crippen molar-refractivity contribution in [3.8, 4) is 22.9 Å². The van der Waals surface area contributed by atoms with Crippen molar-refractivity contribution in [2.24, 2.45) is 0 Å². The largest absolute Gasteiger partial charge is 0.447 e. The Balaban J connectivity index is 1.99. The molecule has 3 aromatic rings. The summed E-state index contributed by atoms with van der Waals surface area (Å²) in [7, 11) is 0. The molecule has 1 aliphatic rings. The fourth-order valence-corrected chi connectivity index (χ4v) is 4.11. The number of halogens is 1.